The fourth-order valence-corrected chi connectivity index (χ4v) is 2.37. The van der Waals surface area contributed by atoms with Crippen LogP contribution in [-0.2, 0) is 10.2 Å². The quantitative estimate of drug-likeness (QED) is 0.777. The number of aryl methyl sites for hydroxylation is 1. The van der Waals surface area contributed by atoms with Gasteiger partial charge in [-0.2, -0.15) is 0 Å². The van der Waals surface area contributed by atoms with E-state index in [1.54, 1.807) is 12.1 Å². The molecule has 0 saturated heterocycles. The maximum absolute atomic E-state index is 10.9. The molecule has 1 rings (SSSR count). The van der Waals surface area contributed by atoms with Crippen LogP contribution < -0.4 is 4.35 Å². The molecule has 0 fully saturated rings. The van der Waals surface area contributed by atoms with E-state index in [1.165, 1.54) is 12.1 Å². The topological polar surface area (TPSA) is 57.5 Å². The molecule has 0 unspecified atom stereocenters. The van der Waals surface area contributed by atoms with Crippen molar-refractivity contribution >= 4 is 18.5 Å². The molecule has 1 aromatic rings. The molecule has 1 aromatic carbocycles. The van der Waals surface area contributed by atoms with E-state index in [0.29, 0.717) is 0 Å². The summed E-state index contributed by atoms with van der Waals surface area (Å²) in [5, 5.41) is 0. The molecule has 0 aliphatic rings. The van der Waals surface area contributed by atoms with Crippen molar-refractivity contribution in [2.75, 3.05) is 0 Å². The van der Waals surface area contributed by atoms with Crippen LogP contribution in [0.15, 0.2) is 24.3 Å². The van der Waals surface area contributed by atoms with Gasteiger partial charge < -0.3 is 0 Å². The third-order valence-corrected chi connectivity index (χ3v) is 4.13. The molecule has 0 amide bonds. The first kappa shape index (κ1) is 11.6. The van der Waals surface area contributed by atoms with Gasteiger partial charge in [0.2, 0.25) is 0 Å². The van der Waals surface area contributed by atoms with Gasteiger partial charge >= 0.3 is 86.5 Å². The van der Waals surface area contributed by atoms with Gasteiger partial charge in [-0.3, -0.25) is 0 Å². The molecule has 78 valence electrons. The van der Waals surface area contributed by atoms with Crippen molar-refractivity contribution in [1.29, 1.82) is 0 Å². The standard InChI is InChI=1S/C10H15AsO3/c1-2-3-4-9-5-7-10(8-6-9)11(12,13)14/h5-8H,2-4H2,1H3,(H2,12,13,14). The molecule has 3 nitrogen and oxygen atoms in total. The Hall–Kier alpha value is -0.502. The molecular formula is C10H15AsO3. The van der Waals surface area contributed by atoms with Gasteiger partial charge in [-0.15, -0.1) is 0 Å². The first-order valence-electron chi connectivity index (χ1n) is 4.69. The predicted molar refractivity (Wildman–Crippen MR) is 55.6 cm³/mol. The van der Waals surface area contributed by atoms with Crippen LogP contribution in [0.3, 0.4) is 0 Å². The van der Waals surface area contributed by atoms with Crippen LogP contribution >= 0.6 is 0 Å². The summed E-state index contributed by atoms with van der Waals surface area (Å²) in [5.74, 6) is 0. The monoisotopic (exact) mass is 258 g/mol. The molecule has 4 heteroatoms. The average molecular weight is 258 g/mol. The molecule has 0 saturated carbocycles. The molecular weight excluding hydrogens is 243 g/mol. The summed E-state index contributed by atoms with van der Waals surface area (Å²) in [6.45, 7) is 2.12. The molecule has 0 spiro atoms. The zero-order chi connectivity index (χ0) is 10.6. The first-order valence-corrected chi connectivity index (χ1v) is 8.07. The van der Waals surface area contributed by atoms with Crippen LogP contribution in [0.25, 0.3) is 0 Å². The van der Waals surface area contributed by atoms with Crippen LogP contribution in [0, 0.1) is 0 Å². The van der Waals surface area contributed by atoms with E-state index in [-0.39, 0.29) is 4.35 Å². The molecule has 0 aliphatic heterocycles. The van der Waals surface area contributed by atoms with Crippen LogP contribution in [0.5, 0.6) is 0 Å². The van der Waals surface area contributed by atoms with Crippen LogP contribution in [0.4, 0.5) is 0 Å². The molecule has 0 bridgehead atoms. The molecule has 0 heterocycles. The Labute approximate surface area is 86.8 Å². The number of hydrogen-bond acceptors (Lipinski definition) is 1. The second kappa shape index (κ2) is 4.83. The van der Waals surface area contributed by atoms with Gasteiger partial charge in [-0.05, 0) is 0 Å². The molecule has 14 heavy (non-hydrogen) atoms. The van der Waals surface area contributed by atoms with Crippen molar-refractivity contribution in [1.82, 2.24) is 0 Å². The summed E-state index contributed by atoms with van der Waals surface area (Å²) in [6, 6.07) is 6.66. The van der Waals surface area contributed by atoms with Gasteiger partial charge in [-0.25, -0.2) is 0 Å². The van der Waals surface area contributed by atoms with Gasteiger partial charge in [0.1, 0.15) is 0 Å². The normalized spacial score (nSPS) is 11.6. The van der Waals surface area contributed by atoms with Crippen LogP contribution in [-0.4, -0.2) is 22.4 Å². The number of hydrogen-bond donors (Lipinski definition) is 2. The third-order valence-electron chi connectivity index (χ3n) is 2.09. The van der Waals surface area contributed by atoms with Gasteiger partial charge in [-0.1, -0.05) is 0 Å². The van der Waals surface area contributed by atoms with Gasteiger partial charge in [0, 0.05) is 0 Å². The van der Waals surface area contributed by atoms with Gasteiger partial charge in [0.05, 0.1) is 0 Å². The third kappa shape index (κ3) is 3.33. The number of benzene rings is 1. The summed E-state index contributed by atoms with van der Waals surface area (Å²) in [7, 11) is 0. The van der Waals surface area contributed by atoms with Crippen molar-refractivity contribution in [3.8, 4) is 0 Å². The van der Waals surface area contributed by atoms with E-state index in [0.717, 1.165) is 24.8 Å². The Morgan fingerprint density at radius 3 is 2.21 bits per heavy atom. The summed E-state index contributed by atoms with van der Waals surface area (Å²) < 4.78 is 28.9. The Morgan fingerprint density at radius 2 is 1.79 bits per heavy atom. The van der Waals surface area contributed by atoms with Crippen molar-refractivity contribution in [2.24, 2.45) is 0 Å². The van der Waals surface area contributed by atoms with E-state index < -0.39 is 14.2 Å². The Balaban J connectivity index is 2.74. The second-order valence-electron chi connectivity index (χ2n) is 3.31. The van der Waals surface area contributed by atoms with Crippen molar-refractivity contribution < 1.29 is 11.9 Å². The summed E-state index contributed by atoms with van der Waals surface area (Å²) in [4.78, 5) is 0. The molecule has 2 N–H and O–H groups in total. The zero-order valence-corrected chi connectivity index (χ0v) is 10.1. The summed E-state index contributed by atoms with van der Waals surface area (Å²) in [6.07, 6.45) is 3.22. The SMILES string of the molecule is CCCCc1ccc([As](=O)(O)O)cc1. The fraction of sp³-hybridized carbons (Fsp3) is 0.400. The van der Waals surface area contributed by atoms with Crippen LogP contribution in [0.2, 0.25) is 0 Å². The van der Waals surface area contributed by atoms with Crippen LogP contribution in [0.1, 0.15) is 25.3 Å². The van der Waals surface area contributed by atoms with Gasteiger partial charge in [0.15, 0.2) is 0 Å². The Bertz CT molecular complexity index is 326. The van der Waals surface area contributed by atoms with E-state index in [4.69, 9.17) is 8.19 Å². The molecule has 0 radical (unpaired) electrons. The summed E-state index contributed by atoms with van der Waals surface area (Å²) >= 11 is -4.66. The fourth-order valence-electron chi connectivity index (χ4n) is 1.24. The molecule has 0 aromatic heterocycles. The number of rotatable bonds is 4. The van der Waals surface area contributed by atoms with Crippen molar-refractivity contribution in [3.63, 3.8) is 0 Å². The Morgan fingerprint density at radius 1 is 1.21 bits per heavy atom. The van der Waals surface area contributed by atoms with Crippen molar-refractivity contribution in [2.45, 2.75) is 26.2 Å². The number of unbranched alkanes of at least 4 members (excludes halogenated alkanes) is 1. The molecule has 0 aliphatic carbocycles. The van der Waals surface area contributed by atoms with E-state index in [2.05, 4.69) is 6.92 Å². The average Bonchev–Trinajstić information content (AvgIpc) is 2.14. The van der Waals surface area contributed by atoms with E-state index in [9.17, 15) is 3.74 Å². The minimum atomic E-state index is -4.66. The minimum absolute atomic E-state index is 0.156. The second-order valence-corrected chi connectivity index (χ2v) is 6.68. The maximum atomic E-state index is 10.9. The van der Waals surface area contributed by atoms with E-state index in [1.807, 2.05) is 0 Å². The summed E-state index contributed by atoms with van der Waals surface area (Å²) in [5.41, 5.74) is 1.14. The Kier molecular flexibility index (Phi) is 3.99. The van der Waals surface area contributed by atoms with E-state index >= 15 is 0 Å². The van der Waals surface area contributed by atoms with Crippen molar-refractivity contribution in [3.05, 3.63) is 29.8 Å². The predicted octanol–water partition coefficient (Wildman–Crippen LogP) is 0.590. The zero-order valence-electron chi connectivity index (χ0n) is 8.18. The molecule has 0 atom stereocenters. The van der Waals surface area contributed by atoms with Gasteiger partial charge in [0.25, 0.3) is 0 Å². The first-order chi connectivity index (χ1) is 6.54.